The number of nitrogens with two attached hydrogens (primary N) is 1. The van der Waals surface area contributed by atoms with Crippen LogP contribution in [0.3, 0.4) is 0 Å². The topological polar surface area (TPSA) is 58.7 Å². The molecule has 1 aliphatic rings. The summed E-state index contributed by atoms with van der Waals surface area (Å²) in [4.78, 5) is 2.24. The first-order valence-corrected chi connectivity index (χ1v) is 6.35. The van der Waals surface area contributed by atoms with Crippen LogP contribution in [0, 0.1) is 12.8 Å². The minimum atomic E-state index is 0.188. The van der Waals surface area contributed by atoms with Gasteiger partial charge in [-0.2, -0.15) is 0 Å². The van der Waals surface area contributed by atoms with Gasteiger partial charge in [0.1, 0.15) is 11.5 Å². The van der Waals surface area contributed by atoms with Crippen molar-refractivity contribution < 1.29 is 9.84 Å². The maximum Gasteiger partial charge on any atom is 0.127 e. The van der Waals surface area contributed by atoms with Gasteiger partial charge in [-0.15, -0.1) is 0 Å². The zero-order chi connectivity index (χ0) is 13.3. The third-order valence-corrected chi connectivity index (χ3v) is 3.90. The van der Waals surface area contributed by atoms with Crippen LogP contribution in [0.1, 0.15) is 23.6 Å². The number of hydrogen-bond donors (Lipinski definition) is 2. The van der Waals surface area contributed by atoms with E-state index in [-0.39, 0.29) is 6.04 Å². The molecule has 4 nitrogen and oxygen atoms in total. The first-order chi connectivity index (χ1) is 8.58. The fraction of sp³-hybridized carbons (Fsp3) is 0.571. The van der Waals surface area contributed by atoms with Crippen LogP contribution in [0.2, 0.25) is 0 Å². The van der Waals surface area contributed by atoms with E-state index in [9.17, 15) is 5.11 Å². The van der Waals surface area contributed by atoms with Gasteiger partial charge in [0.05, 0.1) is 12.7 Å². The Kier molecular flexibility index (Phi) is 3.78. The largest absolute Gasteiger partial charge is 0.507 e. The molecule has 0 amide bonds. The van der Waals surface area contributed by atoms with Crippen molar-refractivity contribution in [3.63, 3.8) is 0 Å². The Hall–Kier alpha value is -1.26. The van der Waals surface area contributed by atoms with Crippen molar-refractivity contribution >= 4 is 0 Å². The molecule has 18 heavy (non-hydrogen) atoms. The van der Waals surface area contributed by atoms with Crippen LogP contribution in [-0.2, 0) is 0 Å². The molecule has 0 radical (unpaired) electrons. The maximum atomic E-state index is 10.3. The molecule has 2 rings (SSSR count). The van der Waals surface area contributed by atoms with Crippen LogP contribution in [0.5, 0.6) is 11.5 Å². The zero-order valence-corrected chi connectivity index (χ0v) is 11.3. The number of likely N-dealkylation sites (tertiary alicyclic amines) is 1. The number of phenols is 1. The van der Waals surface area contributed by atoms with Crippen molar-refractivity contribution in [1.82, 2.24) is 4.90 Å². The molecule has 1 saturated heterocycles. The highest BCUT2D eigenvalue weighted by Crippen LogP contribution is 2.43. The summed E-state index contributed by atoms with van der Waals surface area (Å²) in [6.45, 7) is 3.57. The summed E-state index contributed by atoms with van der Waals surface area (Å²) in [7, 11) is 3.71. The molecule has 0 spiro atoms. The average Bonchev–Trinajstić information content (AvgIpc) is 2.73. The first-order valence-electron chi connectivity index (χ1n) is 6.35. The lowest BCUT2D eigenvalue weighted by molar-refractivity contribution is 0.294. The molecule has 0 aromatic heterocycles. The van der Waals surface area contributed by atoms with Gasteiger partial charge in [-0.1, -0.05) is 6.07 Å². The van der Waals surface area contributed by atoms with E-state index in [1.165, 1.54) is 0 Å². The maximum absolute atomic E-state index is 10.3. The second-order valence-corrected chi connectivity index (χ2v) is 5.14. The molecule has 3 N–H and O–H groups in total. The fourth-order valence-electron chi connectivity index (χ4n) is 2.81. The molecule has 1 aromatic rings. The molecular weight excluding hydrogens is 228 g/mol. The van der Waals surface area contributed by atoms with Gasteiger partial charge < -0.3 is 15.6 Å². The van der Waals surface area contributed by atoms with Gasteiger partial charge in [-0.3, -0.25) is 4.90 Å². The number of rotatable bonds is 3. The van der Waals surface area contributed by atoms with Crippen LogP contribution in [0.15, 0.2) is 12.1 Å². The van der Waals surface area contributed by atoms with Crippen molar-refractivity contribution in [3.05, 3.63) is 23.3 Å². The number of nitrogens with zero attached hydrogens (tertiary/aromatic N) is 1. The summed E-state index contributed by atoms with van der Waals surface area (Å²) in [6.07, 6.45) is 0.973. The number of benzene rings is 1. The lowest BCUT2D eigenvalue weighted by Crippen LogP contribution is -2.21. The molecule has 2 unspecified atom stereocenters. The van der Waals surface area contributed by atoms with Crippen LogP contribution in [-0.4, -0.2) is 37.3 Å². The molecular formula is C14H22N2O2. The predicted molar refractivity (Wildman–Crippen MR) is 71.9 cm³/mol. The van der Waals surface area contributed by atoms with Crippen molar-refractivity contribution in [2.45, 2.75) is 19.4 Å². The van der Waals surface area contributed by atoms with Gasteiger partial charge >= 0.3 is 0 Å². The Morgan fingerprint density at radius 1 is 1.50 bits per heavy atom. The fourth-order valence-corrected chi connectivity index (χ4v) is 2.81. The van der Waals surface area contributed by atoms with Crippen LogP contribution in [0.25, 0.3) is 0 Å². The highest BCUT2D eigenvalue weighted by Gasteiger charge is 2.33. The van der Waals surface area contributed by atoms with E-state index >= 15 is 0 Å². The quantitative estimate of drug-likeness (QED) is 0.856. The van der Waals surface area contributed by atoms with Gasteiger partial charge in [0.2, 0.25) is 0 Å². The van der Waals surface area contributed by atoms with E-state index in [4.69, 9.17) is 10.5 Å². The monoisotopic (exact) mass is 250 g/mol. The molecule has 100 valence electrons. The SMILES string of the molecule is COc1ccc(C)c(O)c1C1CC(CN)CN1C. The highest BCUT2D eigenvalue weighted by molar-refractivity contribution is 5.51. The minimum Gasteiger partial charge on any atom is -0.507 e. The van der Waals surface area contributed by atoms with Crippen molar-refractivity contribution in [1.29, 1.82) is 0 Å². The van der Waals surface area contributed by atoms with Gasteiger partial charge in [-0.05, 0) is 44.5 Å². The Bertz CT molecular complexity index is 434. The van der Waals surface area contributed by atoms with Crippen LogP contribution < -0.4 is 10.5 Å². The van der Waals surface area contributed by atoms with Crippen molar-refractivity contribution in [2.24, 2.45) is 11.7 Å². The molecule has 4 heteroatoms. The third-order valence-electron chi connectivity index (χ3n) is 3.90. The number of phenolic OH excluding ortho intramolecular Hbond substituents is 1. The summed E-state index contributed by atoms with van der Waals surface area (Å²) in [5, 5.41) is 10.3. The molecule has 0 saturated carbocycles. The van der Waals surface area contributed by atoms with E-state index in [0.29, 0.717) is 18.2 Å². The van der Waals surface area contributed by atoms with Gasteiger partial charge in [0.25, 0.3) is 0 Å². The second kappa shape index (κ2) is 5.16. The molecule has 0 aliphatic carbocycles. The minimum absolute atomic E-state index is 0.188. The van der Waals surface area contributed by atoms with Gasteiger partial charge in [0.15, 0.2) is 0 Å². The Morgan fingerprint density at radius 2 is 2.22 bits per heavy atom. The van der Waals surface area contributed by atoms with E-state index in [0.717, 1.165) is 29.8 Å². The number of hydrogen-bond acceptors (Lipinski definition) is 4. The van der Waals surface area contributed by atoms with E-state index in [1.807, 2.05) is 19.1 Å². The standard InChI is InChI=1S/C14H22N2O2/c1-9-4-5-12(18-3)13(14(9)17)11-6-10(7-15)8-16(11)2/h4-5,10-11,17H,6-8,15H2,1-3H3. The molecule has 1 aliphatic heterocycles. The number of methoxy groups -OCH3 is 1. The van der Waals surface area contributed by atoms with Crippen molar-refractivity contribution in [2.75, 3.05) is 27.2 Å². The Labute approximate surface area is 108 Å². The third kappa shape index (κ3) is 2.18. The Balaban J connectivity index is 2.41. The lowest BCUT2D eigenvalue weighted by Gasteiger charge is -2.23. The molecule has 1 aromatic carbocycles. The van der Waals surface area contributed by atoms with E-state index in [2.05, 4.69) is 11.9 Å². The van der Waals surface area contributed by atoms with Gasteiger partial charge in [0, 0.05) is 12.6 Å². The van der Waals surface area contributed by atoms with E-state index in [1.54, 1.807) is 7.11 Å². The predicted octanol–water partition coefficient (Wildman–Crippen LogP) is 1.66. The highest BCUT2D eigenvalue weighted by atomic mass is 16.5. The summed E-state index contributed by atoms with van der Waals surface area (Å²) in [5.41, 5.74) is 7.54. The smallest absolute Gasteiger partial charge is 0.127 e. The van der Waals surface area contributed by atoms with Crippen molar-refractivity contribution in [3.8, 4) is 11.5 Å². The molecule has 1 heterocycles. The first kappa shape index (κ1) is 13.2. The molecule has 0 bridgehead atoms. The summed E-state index contributed by atoms with van der Waals surface area (Å²) >= 11 is 0. The number of aromatic hydroxyl groups is 1. The summed E-state index contributed by atoms with van der Waals surface area (Å²) in [5.74, 6) is 1.60. The second-order valence-electron chi connectivity index (χ2n) is 5.14. The lowest BCUT2D eigenvalue weighted by atomic mass is 9.96. The normalized spacial score (nSPS) is 24.4. The number of aryl methyl sites for hydroxylation is 1. The van der Waals surface area contributed by atoms with Gasteiger partial charge in [-0.25, -0.2) is 0 Å². The number of ether oxygens (including phenoxy) is 1. The molecule has 1 fully saturated rings. The zero-order valence-electron chi connectivity index (χ0n) is 11.3. The summed E-state index contributed by atoms with van der Waals surface area (Å²) in [6, 6.07) is 3.99. The Morgan fingerprint density at radius 3 is 2.78 bits per heavy atom. The van der Waals surface area contributed by atoms with Crippen LogP contribution >= 0.6 is 0 Å². The van der Waals surface area contributed by atoms with E-state index < -0.39 is 0 Å². The molecule has 2 atom stereocenters. The van der Waals surface area contributed by atoms with Crippen LogP contribution in [0.4, 0.5) is 0 Å². The average molecular weight is 250 g/mol. The summed E-state index contributed by atoms with van der Waals surface area (Å²) < 4.78 is 5.39.